The lowest BCUT2D eigenvalue weighted by molar-refractivity contribution is -0.130. The molecule has 7 nitrogen and oxygen atoms in total. The normalized spacial score (nSPS) is 16.3. The van der Waals surface area contributed by atoms with Gasteiger partial charge in [-0.2, -0.15) is 4.31 Å². The van der Waals surface area contributed by atoms with Crippen molar-refractivity contribution in [3.05, 3.63) is 46.9 Å². The van der Waals surface area contributed by atoms with E-state index in [9.17, 15) is 13.2 Å². The summed E-state index contributed by atoms with van der Waals surface area (Å²) in [4.78, 5) is 18.5. The molecule has 27 heavy (non-hydrogen) atoms. The Balaban J connectivity index is 1.68. The van der Waals surface area contributed by atoms with Crippen molar-refractivity contribution < 1.29 is 13.2 Å². The van der Waals surface area contributed by atoms with Crippen LogP contribution in [0.1, 0.15) is 17.8 Å². The molecule has 3 rings (SSSR count). The molecular weight excluding hydrogens is 388 g/mol. The van der Waals surface area contributed by atoms with Gasteiger partial charge in [0, 0.05) is 44.4 Å². The van der Waals surface area contributed by atoms with E-state index in [0.29, 0.717) is 36.9 Å². The van der Waals surface area contributed by atoms with Gasteiger partial charge in [0.2, 0.25) is 5.91 Å². The van der Waals surface area contributed by atoms with E-state index in [-0.39, 0.29) is 23.9 Å². The zero-order valence-corrected chi connectivity index (χ0v) is 17.0. The SMILES string of the molecule is Cc1nc(S(=O)(=O)N2CCCN(C(=O)Cc3ccccc3Cl)CC2)cn1C. The number of nitrogens with zero attached hydrogens (tertiary/aromatic N) is 4. The first-order chi connectivity index (χ1) is 12.8. The summed E-state index contributed by atoms with van der Waals surface area (Å²) in [5.41, 5.74) is 0.779. The number of hydrogen-bond donors (Lipinski definition) is 0. The van der Waals surface area contributed by atoms with Crippen LogP contribution >= 0.6 is 11.6 Å². The molecule has 2 aromatic rings. The van der Waals surface area contributed by atoms with Crippen LogP contribution in [-0.4, -0.2) is 59.3 Å². The molecule has 0 saturated carbocycles. The minimum absolute atomic E-state index is 0.0453. The first kappa shape index (κ1) is 19.9. The van der Waals surface area contributed by atoms with E-state index in [1.165, 1.54) is 10.5 Å². The summed E-state index contributed by atoms with van der Waals surface area (Å²) in [7, 11) is -1.90. The summed E-state index contributed by atoms with van der Waals surface area (Å²) in [6.07, 6.45) is 2.32. The molecule has 0 radical (unpaired) electrons. The van der Waals surface area contributed by atoms with Gasteiger partial charge in [-0.25, -0.2) is 13.4 Å². The zero-order valence-electron chi connectivity index (χ0n) is 15.4. The molecule has 1 fully saturated rings. The van der Waals surface area contributed by atoms with Crippen LogP contribution in [0.25, 0.3) is 0 Å². The van der Waals surface area contributed by atoms with Crippen LogP contribution < -0.4 is 0 Å². The quantitative estimate of drug-likeness (QED) is 0.770. The number of amides is 1. The van der Waals surface area contributed by atoms with Gasteiger partial charge in [-0.3, -0.25) is 4.79 Å². The average molecular weight is 411 g/mol. The fourth-order valence-corrected chi connectivity index (χ4v) is 4.78. The first-order valence-electron chi connectivity index (χ1n) is 8.80. The largest absolute Gasteiger partial charge is 0.341 e. The minimum atomic E-state index is -3.66. The Kier molecular flexibility index (Phi) is 5.88. The topological polar surface area (TPSA) is 75.5 Å². The van der Waals surface area contributed by atoms with Crippen molar-refractivity contribution in [2.24, 2.45) is 7.05 Å². The maximum Gasteiger partial charge on any atom is 0.262 e. The van der Waals surface area contributed by atoms with E-state index in [1.54, 1.807) is 29.5 Å². The number of aryl methyl sites for hydroxylation is 2. The molecule has 0 spiro atoms. The Morgan fingerprint density at radius 3 is 2.59 bits per heavy atom. The van der Waals surface area contributed by atoms with Crippen LogP contribution in [0.5, 0.6) is 0 Å². The van der Waals surface area contributed by atoms with Crippen molar-refractivity contribution in [2.45, 2.75) is 24.8 Å². The number of aromatic nitrogens is 2. The van der Waals surface area contributed by atoms with Gasteiger partial charge >= 0.3 is 0 Å². The van der Waals surface area contributed by atoms with E-state index in [1.807, 2.05) is 18.2 Å². The number of carbonyl (C=O) groups excluding carboxylic acids is 1. The number of halogens is 1. The second-order valence-corrected chi connectivity index (χ2v) is 8.94. The molecule has 0 N–H and O–H groups in total. The van der Waals surface area contributed by atoms with Crippen LogP contribution in [-0.2, 0) is 28.3 Å². The number of rotatable bonds is 4. The van der Waals surface area contributed by atoms with Crippen molar-refractivity contribution in [2.75, 3.05) is 26.2 Å². The maximum atomic E-state index is 12.8. The fraction of sp³-hybridized carbons (Fsp3) is 0.444. The average Bonchev–Trinajstić information content (AvgIpc) is 2.84. The monoisotopic (exact) mass is 410 g/mol. The smallest absolute Gasteiger partial charge is 0.262 e. The zero-order chi connectivity index (χ0) is 19.6. The first-order valence-corrected chi connectivity index (χ1v) is 10.6. The molecule has 1 saturated heterocycles. The van der Waals surface area contributed by atoms with Crippen LogP contribution in [0.3, 0.4) is 0 Å². The van der Waals surface area contributed by atoms with Gasteiger partial charge in [0.05, 0.1) is 6.42 Å². The van der Waals surface area contributed by atoms with Gasteiger partial charge in [-0.05, 0) is 25.0 Å². The van der Waals surface area contributed by atoms with E-state index in [2.05, 4.69) is 4.98 Å². The molecule has 1 aromatic carbocycles. The number of sulfonamides is 1. The Bertz CT molecular complexity index is 922. The molecular formula is C18H23ClN4O3S. The van der Waals surface area contributed by atoms with E-state index >= 15 is 0 Å². The van der Waals surface area contributed by atoms with Gasteiger partial charge in [-0.15, -0.1) is 0 Å². The molecule has 0 unspecified atom stereocenters. The Morgan fingerprint density at radius 1 is 1.19 bits per heavy atom. The Labute approximate surface area is 164 Å². The lowest BCUT2D eigenvalue weighted by Crippen LogP contribution is -2.38. The lowest BCUT2D eigenvalue weighted by Gasteiger charge is -2.21. The van der Waals surface area contributed by atoms with Crippen molar-refractivity contribution in [1.82, 2.24) is 18.8 Å². The second-order valence-electron chi connectivity index (χ2n) is 6.64. The summed E-state index contributed by atoms with van der Waals surface area (Å²) in [6.45, 7) is 3.27. The minimum Gasteiger partial charge on any atom is -0.341 e. The predicted octanol–water partition coefficient (Wildman–Crippen LogP) is 1.85. The maximum absolute atomic E-state index is 12.8. The van der Waals surface area contributed by atoms with Crippen LogP contribution in [0.2, 0.25) is 5.02 Å². The van der Waals surface area contributed by atoms with E-state index in [4.69, 9.17) is 11.6 Å². The van der Waals surface area contributed by atoms with Gasteiger partial charge in [0.1, 0.15) is 5.82 Å². The van der Waals surface area contributed by atoms with Crippen LogP contribution in [0, 0.1) is 6.92 Å². The summed E-state index contributed by atoms with van der Waals surface area (Å²) in [6, 6.07) is 7.26. The molecule has 0 aliphatic carbocycles. The highest BCUT2D eigenvalue weighted by molar-refractivity contribution is 7.89. The summed E-state index contributed by atoms with van der Waals surface area (Å²) in [5.74, 6) is 0.593. The molecule has 2 heterocycles. The standard InChI is InChI=1S/C18H23ClN4O3S/c1-14-20-17(13-21(14)2)27(25,26)23-9-5-8-22(10-11-23)18(24)12-15-6-3-4-7-16(15)19/h3-4,6-7,13H,5,8-12H2,1-2H3. The van der Waals surface area contributed by atoms with Crippen LogP contribution in [0.4, 0.5) is 0 Å². The third kappa shape index (κ3) is 4.34. The van der Waals surface area contributed by atoms with Gasteiger partial charge in [-0.1, -0.05) is 29.8 Å². The number of imidazole rings is 1. The van der Waals surface area contributed by atoms with Gasteiger partial charge < -0.3 is 9.47 Å². The third-order valence-electron chi connectivity index (χ3n) is 4.80. The van der Waals surface area contributed by atoms with Crippen molar-refractivity contribution in [3.8, 4) is 0 Å². The third-order valence-corrected chi connectivity index (χ3v) is 6.94. The molecule has 1 amide bonds. The molecule has 1 aliphatic rings. The van der Waals surface area contributed by atoms with E-state index < -0.39 is 10.0 Å². The van der Waals surface area contributed by atoms with Crippen molar-refractivity contribution >= 4 is 27.5 Å². The van der Waals surface area contributed by atoms with Crippen LogP contribution in [0.15, 0.2) is 35.5 Å². The van der Waals surface area contributed by atoms with Crippen molar-refractivity contribution in [1.29, 1.82) is 0 Å². The van der Waals surface area contributed by atoms with Gasteiger partial charge in [0.25, 0.3) is 10.0 Å². The highest BCUT2D eigenvalue weighted by atomic mass is 35.5. The highest BCUT2D eigenvalue weighted by Gasteiger charge is 2.30. The van der Waals surface area contributed by atoms with Crippen molar-refractivity contribution in [3.63, 3.8) is 0 Å². The molecule has 0 bridgehead atoms. The fourth-order valence-electron chi connectivity index (χ4n) is 3.08. The molecule has 1 aromatic heterocycles. The molecule has 0 atom stereocenters. The molecule has 9 heteroatoms. The van der Waals surface area contributed by atoms with Gasteiger partial charge in [0.15, 0.2) is 5.03 Å². The highest BCUT2D eigenvalue weighted by Crippen LogP contribution is 2.19. The number of benzene rings is 1. The second kappa shape index (κ2) is 8.00. The number of hydrogen-bond acceptors (Lipinski definition) is 4. The summed E-state index contributed by atoms with van der Waals surface area (Å²) < 4.78 is 28.8. The predicted molar refractivity (Wildman–Crippen MR) is 103 cm³/mol. The molecule has 1 aliphatic heterocycles. The molecule has 146 valence electrons. The summed E-state index contributed by atoms with van der Waals surface area (Å²) >= 11 is 6.14. The van der Waals surface area contributed by atoms with E-state index in [0.717, 1.165) is 5.56 Å². The Morgan fingerprint density at radius 2 is 1.93 bits per heavy atom. The Hall–Kier alpha value is -1.90. The number of carbonyl (C=O) groups is 1. The lowest BCUT2D eigenvalue weighted by atomic mass is 10.1. The summed E-state index contributed by atoms with van der Waals surface area (Å²) in [5, 5.41) is 0.619.